The molecular formula is C48H82N4O13. The number of esters is 1. The number of methoxy groups -OCH3 is 2. The van der Waals surface area contributed by atoms with Crippen LogP contribution in [0.4, 0.5) is 5.69 Å². The molecule has 17 heteroatoms. The van der Waals surface area contributed by atoms with E-state index in [0.717, 1.165) is 6.42 Å². The molecule has 372 valence electrons. The quantitative estimate of drug-likeness (QED) is 0.129. The number of rotatable bonds is 12. The Bertz CT molecular complexity index is 1720. The topological polar surface area (TPSA) is 211 Å². The number of aliphatic hydroxyl groups excluding tert-OH is 1. The summed E-state index contributed by atoms with van der Waals surface area (Å²) in [5.41, 5.74) is -5.33. The van der Waals surface area contributed by atoms with Crippen LogP contribution in [0.5, 0.6) is 5.75 Å². The van der Waals surface area contributed by atoms with Gasteiger partial charge in [0.1, 0.15) is 34.8 Å². The Morgan fingerprint density at radius 1 is 0.954 bits per heavy atom. The highest BCUT2D eigenvalue weighted by atomic mass is 16.7. The number of cyclic esters (lactones) is 1. The predicted molar refractivity (Wildman–Crippen MR) is 245 cm³/mol. The number of carbonyl (C=O) groups excluding carboxylic acids is 1. The number of likely N-dealkylation sites (N-methyl/N-ethyl adjacent to an activating group) is 1. The molecule has 0 spiro atoms. The summed E-state index contributed by atoms with van der Waals surface area (Å²) in [4.78, 5) is 21.4. The monoisotopic (exact) mass is 923 g/mol. The highest BCUT2D eigenvalue weighted by Crippen LogP contribution is 2.44. The molecule has 0 aliphatic carbocycles. The van der Waals surface area contributed by atoms with Gasteiger partial charge < -0.3 is 73.9 Å². The molecule has 4 heterocycles. The molecule has 4 aliphatic rings. The maximum absolute atomic E-state index is 14.6. The average molecular weight is 923 g/mol. The van der Waals surface area contributed by atoms with Crippen molar-refractivity contribution in [2.45, 2.75) is 198 Å². The molecule has 17 nitrogen and oxygen atoms in total. The average Bonchev–Trinajstić information content (AvgIpc) is 3.57. The van der Waals surface area contributed by atoms with E-state index in [1.807, 2.05) is 70.8 Å². The lowest BCUT2D eigenvalue weighted by atomic mass is 9.75. The summed E-state index contributed by atoms with van der Waals surface area (Å²) in [6.45, 7) is 21.1. The summed E-state index contributed by atoms with van der Waals surface area (Å²) >= 11 is 0. The Labute approximate surface area is 387 Å². The summed E-state index contributed by atoms with van der Waals surface area (Å²) < 4.78 is 51.3. The summed E-state index contributed by atoms with van der Waals surface area (Å²) in [6.07, 6.45) is -6.16. The zero-order valence-corrected chi connectivity index (χ0v) is 41.4. The SMILES string of the molecule is CCCNC[C@]1(O)[C@H](C)O[C@@H](O[C@H]2[C@H](C)[C@@H](O[C@@H]3O[C@H](C)C[C@H]4[C@H]3O/C(=N\c3ccc(OC)cc3)N4C)[C@](C)(O)C[C@@H](C)CN[C@H](C)[C@@H](O)[C@](C)(O)[C@@H](CC)OC(=O)[C@@H]2C)C[C@@]1(C)OC. The van der Waals surface area contributed by atoms with Gasteiger partial charge in [0.2, 0.25) is 0 Å². The van der Waals surface area contributed by atoms with Gasteiger partial charge in [-0.2, -0.15) is 4.99 Å². The first-order chi connectivity index (χ1) is 30.5. The third-order valence-electron chi connectivity index (χ3n) is 14.7. The van der Waals surface area contributed by atoms with Gasteiger partial charge in [-0.1, -0.05) is 27.7 Å². The van der Waals surface area contributed by atoms with E-state index in [9.17, 15) is 25.2 Å². The van der Waals surface area contributed by atoms with Crippen LogP contribution in [0.3, 0.4) is 0 Å². The van der Waals surface area contributed by atoms with Crippen molar-refractivity contribution in [3.8, 4) is 5.75 Å². The van der Waals surface area contributed by atoms with E-state index in [-0.39, 0.29) is 43.9 Å². The largest absolute Gasteiger partial charge is 0.497 e. The minimum atomic E-state index is -1.83. The van der Waals surface area contributed by atoms with E-state index in [1.165, 1.54) is 6.92 Å². The highest BCUT2D eigenvalue weighted by Gasteiger charge is 2.59. The fourth-order valence-electron chi connectivity index (χ4n) is 10.4. The molecule has 0 radical (unpaired) electrons. The van der Waals surface area contributed by atoms with Gasteiger partial charge in [-0.25, -0.2) is 0 Å². The van der Waals surface area contributed by atoms with Crippen molar-refractivity contribution in [1.29, 1.82) is 0 Å². The second-order valence-corrected chi connectivity index (χ2v) is 20.0. The summed E-state index contributed by atoms with van der Waals surface area (Å²) in [5.74, 6) is -1.97. The van der Waals surface area contributed by atoms with Gasteiger partial charge in [-0.3, -0.25) is 4.79 Å². The molecule has 18 atom stereocenters. The van der Waals surface area contributed by atoms with Crippen LogP contribution in [0, 0.1) is 17.8 Å². The van der Waals surface area contributed by atoms with E-state index in [2.05, 4.69) is 10.6 Å². The van der Waals surface area contributed by atoms with Crippen molar-refractivity contribution in [1.82, 2.24) is 15.5 Å². The summed E-state index contributed by atoms with van der Waals surface area (Å²) in [7, 11) is 5.08. The smallest absolute Gasteiger partial charge is 0.311 e. The molecule has 0 bridgehead atoms. The fourth-order valence-corrected chi connectivity index (χ4v) is 10.4. The first kappa shape index (κ1) is 53.3. The summed E-state index contributed by atoms with van der Waals surface area (Å²) in [5, 5.41) is 55.0. The molecule has 0 aromatic heterocycles. The standard InChI is InChI=1S/C48H82N4O13/c1-15-21-49-26-48(57)32(8)61-37(24-46(48,10)59-14)63-38-29(5)41(45(9,55)23-27(3)25-50-31(7)40(53)47(11,56)36(16-2)62-42(54)30(38)6)65-43-39-35(22-28(4)60-43)52(12)44(64-39)51-33-17-19-34(58-13)20-18-33/h17-20,27-32,35-41,43,49-50,53,55-57H,15-16,21-26H2,1-14H3/b51-44-/t27-,28-,29+,30-,31-,32+,35+,36-,37+,38+,39-,40-,41-,43+,45-,46-,47-,48+/m1/s1. The molecule has 1 aromatic rings. The predicted octanol–water partition coefficient (Wildman–Crippen LogP) is 4.03. The van der Waals surface area contributed by atoms with Crippen molar-refractivity contribution >= 4 is 17.7 Å². The number of aliphatic imine (C=N–C) groups is 1. The van der Waals surface area contributed by atoms with Gasteiger partial charge in [-0.15, -0.1) is 0 Å². The molecule has 1 aromatic carbocycles. The van der Waals surface area contributed by atoms with Crippen LogP contribution in [0.25, 0.3) is 0 Å². The van der Waals surface area contributed by atoms with Gasteiger partial charge in [0, 0.05) is 39.1 Å². The lowest BCUT2D eigenvalue weighted by Gasteiger charge is -2.53. The maximum Gasteiger partial charge on any atom is 0.311 e. The number of hydrogen-bond donors (Lipinski definition) is 6. The van der Waals surface area contributed by atoms with Crippen molar-refractivity contribution in [3.05, 3.63) is 24.3 Å². The Morgan fingerprint density at radius 3 is 2.25 bits per heavy atom. The molecular weight excluding hydrogens is 841 g/mol. The number of benzene rings is 1. The van der Waals surface area contributed by atoms with Crippen LogP contribution in [0.1, 0.15) is 108 Å². The lowest BCUT2D eigenvalue weighted by molar-refractivity contribution is -0.335. The van der Waals surface area contributed by atoms with Crippen LogP contribution in [-0.4, -0.2) is 168 Å². The first-order valence-corrected chi connectivity index (χ1v) is 23.8. The fraction of sp³-hybridized carbons (Fsp3) is 0.833. The number of aliphatic hydroxyl groups is 4. The maximum atomic E-state index is 14.6. The Balaban J connectivity index is 1.57. The second kappa shape index (κ2) is 21.7. The van der Waals surface area contributed by atoms with Crippen molar-refractivity contribution < 1.29 is 63.1 Å². The van der Waals surface area contributed by atoms with Crippen LogP contribution >= 0.6 is 0 Å². The molecule has 4 saturated heterocycles. The van der Waals surface area contributed by atoms with E-state index >= 15 is 0 Å². The van der Waals surface area contributed by atoms with Crippen LogP contribution in [-0.2, 0) is 38.0 Å². The Hall–Kier alpha value is -2.68. The van der Waals surface area contributed by atoms with Crippen LogP contribution in [0.15, 0.2) is 29.3 Å². The number of ether oxygens (including phenoxy) is 8. The number of nitrogens with zero attached hydrogens (tertiary/aromatic N) is 2. The molecule has 0 amide bonds. The van der Waals surface area contributed by atoms with Gasteiger partial charge in [0.05, 0.1) is 54.8 Å². The number of hydrogen-bond acceptors (Lipinski definition) is 16. The van der Waals surface area contributed by atoms with Crippen molar-refractivity contribution in [3.63, 3.8) is 0 Å². The zero-order valence-electron chi connectivity index (χ0n) is 41.4. The Morgan fingerprint density at radius 2 is 1.63 bits per heavy atom. The summed E-state index contributed by atoms with van der Waals surface area (Å²) in [6, 6.07) is 6.95. The van der Waals surface area contributed by atoms with E-state index in [4.69, 9.17) is 42.9 Å². The van der Waals surface area contributed by atoms with Crippen LogP contribution in [0.2, 0.25) is 0 Å². The molecule has 0 saturated carbocycles. The van der Waals surface area contributed by atoms with Crippen molar-refractivity contribution in [2.75, 3.05) is 40.9 Å². The molecule has 65 heavy (non-hydrogen) atoms. The number of carbonyl (C=O) groups is 1. The molecule has 6 N–H and O–H groups in total. The molecule has 0 unspecified atom stereocenters. The van der Waals surface area contributed by atoms with Gasteiger partial charge >= 0.3 is 5.97 Å². The van der Waals surface area contributed by atoms with Crippen molar-refractivity contribution in [2.24, 2.45) is 22.7 Å². The van der Waals surface area contributed by atoms with Crippen LogP contribution < -0.4 is 15.4 Å². The van der Waals surface area contributed by atoms with E-state index < -0.39 is 95.5 Å². The first-order valence-electron chi connectivity index (χ1n) is 23.8. The minimum Gasteiger partial charge on any atom is -0.497 e. The van der Waals surface area contributed by atoms with Gasteiger partial charge in [-0.05, 0) is 117 Å². The normalized spacial score (nSPS) is 44.1. The second-order valence-electron chi connectivity index (χ2n) is 20.0. The third kappa shape index (κ3) is 11.6. The zero-order chi connectivity index (χ0) is 48.2. The molecule has 4 fully saturated rings. The number of nitrogens with one attached hydrogen (secondary N) is 2. The lowest BCUT2D eigenvalue weighted by Crippen LogP contribution is -2.70. The molecule has 5 rings (SSSR count). The Kier molecular flexibility index (Phi) is 17.8. The minimum absolute atomic E-state index is 0.0909. The van der Waals surface area contributed by atoms with Gasteiger partial charge in [0.25, 0.3) is 6.02 Å². The van der Waals surface area contributed by atoms with Gasteiger partial charge in [0.15, 0.2) is 18.7 Å². The van der Waals surface area contributed by atoms with E-state index in [1.54, 1.807) is 48.8 Å². The third-order valence-corrected chi connectivity index (χ3v) is 14.7. The highest BCUT2D eigenvalue weighted by molar-refractivity contribution is 5.79. The molecule has 4 aliphatic heterocycles. The number of fused-ring (bicyclic) bond motifs is 1. The number of amidine groups is 1. The van der Waals surface area contributed by atoms with E-state index in [0.29, 0.717) is 37.0 Å².